The Bertz CT molecular complexity index is 1100. The number of halogens is 2. The number of hydrogen-bond acceptors (Lipinski definition) is 5. The Balaban J connectivity index is 1.42. The number of piperidine rings is 2. The van der Waals surface area contributed by atoms with Crippen LogP contribution in [0.4, 0.5) is 0 Å². The Hall–Kier alpha value is -2.13. The smallest absolute Gasteiger partial charge is 0.242 e. The Morgan fingerprint density at radius 1 is 1.05 bits per heavy atom. The van der Waals surface area contributed by atoms with Crippen LogP contribution in [0, 0.1) is 0 Å². The van der Waals surface area contributed by atoms with Gasteiger partial charge in [-0.3, -0.25) is 14.5 Å². The highest BCUT2D eigenvalue weighted by atomic mass is 35.5. The predicted molar refractivity (Wildman–Crippen MR) is 156 cm³/mol. The molecule has 0 radical (unpaired) electrons. The van der Waals surface area contributed by atoms with E-state index in [1.54, 1.807) is 22.3 Å². The van der Waals surface area contributed by atoms with Gasteiger partial charge in [-0.1, -0.05) is 35.7 Å². The van der Waals surface area contributed by atoms with E-state index in [0.29, 0.717) is 16.6 Å². The van der Waals surface area contributed by atoms with Crippen LogP contribution in [0.2, 0.25) is 10.0 Å². The SMILES string of the molecule is CN(C)C(=O)C1(N2CCCCC2)CCN(CCC(CN(C)C(=O)Cc2cnc[nH]2)c2ccc(Cl)c(Cl)c2)CC1. The van der Waals surface area contributed by atoms with Crippen molar-refractivity contribution in [3.63, 3.8) is 0 Å². The lowest BCUT2D eigenvalue weighted by Gasteiger charge is -2.50. The zero-order valence-electron chi connectivity index (χ0n) is 23.5. The first kappa shape index (κ1) is 29.8. The summed E-state index contributed by atoms with van der Waals surface area (Å²) in [6, 6.07) is 5.77. The number of rotatable bonds is 10. The van der Waals surface area contributed by atoms with E-state index in [4.69, 9.17) is 23.2 Å². The summed E-state index contributed by atoms with van der Waals surface area (Å²) in [6.07, 6.45) is 9.73. The molecule has 2 saturated heterocycles. The van der Waals surface area contributed by atoms with E-state index in [1.807, 2.05) is 39.3 Å². The molecule has 1 aromatic carbocycles. The van der Waals surface area contributed by atoms with Crippen molar-refractivity contribution < 1.29 is 9.59 Å². The van der Waals surface area contributed by atoms with Crippen LogP contribution >= 0.6 is 23.2 Å². The van der Waals surface area contributed by atoms with Crippen LogP contribution in [0.1, 0.15) is 55.7 Å². The zero-order valence-corrected chi connectivity index (χ0v) is 25.0. The fourth-order valence-corrected chi connectivity index (χ4v) is 6.44. The van der Waals surface area contributed by atoms with Gasteiger partial charge in [0.1, 0.15) is 5.54 Å². The third-order valence-electron chi connectivity index (χ3n) is 8.47. The number of imidazole rings is 1. The second kappa shape index (κ2) is 13.5. The number of likely N-dealkylation sites (N-methyl/N-ethyl adjacent to an activating group) is 2. The lowest BCUT2D eigenvalue weighted by molar-refractivity contribution is -0.147. The van der Waals surface area contributed by atoms with Gasteiger partial charge in [0.25, 0.3) is 0 Å². The van der Waals surface area contributed by atoms with E-state index in [9.17, 15) is 9.59 Å². The number of H-pyrrole nitrogens is 1. The molecule has 8 nitrogen and oxygen atoms in total. The maximum atomic E-state index is 13.4. The Labute approximate surface area is 242 Å². The molecule has 2 aliphatic heterocycles. The van der Waals surface area contributed by atoms with Crippen LogP contribution in [0.15, 0.2) is 30.7 Å². The Morgan fingerprint density at radius 2 is 1.77 bits per heavy atom. The molecule has 3 heterocycles. The number of aromatic amines is 1. The number of carbonyl (C=O) groups excluding carboxylic acids is 2. The molecule has 214 valence electrons. The maximum absolute atomic E-state index is 13.4. The van der Waals surface area contributed by atoms with Gasteiger partial charge in [-0.15, -0.1) is 0 Å². The molecule has 1 aromatic heterocycles. The lowest BCUT2D eigenvalue weighted by Crippen LogP contribution is -2.64. The average molecular weight is 578 g/mol. The summed E-state index contributed by atoms with van der Waals surface area (Å²) in [5.74, 6) is 0.388. The van der Waals surface area contributed by atoms with E-state index >= 15 is 0 Å². The third-order valence-corrected chi connectivity index (χ3v) is 9.21. The highest BCUT2D eigenvalue weighted by Crippen LogP contribution is 2.34. The van der Waals surface area contributed by atoms with Crippen molar-refractivity contribution in [2.75, 3.05) is 60.4 Å². The van der Waals surface area contributed by atoms with Gasteiger partial charge in [0.05, 0.1) is 22.8 Å². The second-order valence-corrected chi connectivity index (χ2v) is 12.1. The van der Waals surface area contributed by atoms with Crippen molar-refractivity contribution in [3.05, 3.63) is 52.0 Å². The number of nitrogens with zero attached hydrogens (tertiary/aromatic N) is 5. The topological polar surface area (TPSA) is 75.8 Å². The van der Waals surface area contributed by atoms with Crippen molar-refractivity contribution in [3.8, 4) is 0 Å². The van der Waals surface area contributed by atoms with Gasteiger partial charge in [-0.25, -0.2) is 4.98 Å². The van der Waals surface area contributed by atoms with Crippen LogP contribution < -0.4 is 0 Å². The van der Waals surface area contributed by atoms with Crippen molar-refractivity contribution in [1.29, 1.82) is 0 Å². The molecule has 1 N–H and O–H groups in total. The Kier molecular flexibility index (Phi) is 10.3. The van der Waals surface area contributed by atoms with Crippen LogP contribution in [0.3, 0.4) is 0 Å². The fourth-order valence-electron chi connectivity index (χ4n) is 6.13. The Morgan fingerprint density at radius 3 is 2.38 bits per heavy atom. The molecule has 2 fully saturated rings. The fraction of sp³-hybridized carbons (Fsp3) is 0.621. The number of benzene rings is 1. The largest absolute Gasteiger partial charge is 0.348 e. The van der Waals surface area contributed by atoms with Crippen LogP contribution in [-0.2, 0) is 16.0 Å². The number of nitrogens with one attached hydrogen (secondary N) is 1. The van der Waals surface area contributed by atoms with Crippen molar-refractivity contribution >= 4 is 35.0 Å². The van der Waals surface area contributed by atoms with Gasteiger partial charge in [-0.05, 0) is 69.4 Å². The van der Waals surface area contributed by atoms with Crippen LogP contribution in [-0.4, -0.2) is 107 Å². The minimum atomic E-state index is -0.386. The molecular formula is C29H42Cl2N6O2. The average Bonchev–Trinajstić information content (AvgIpc) is 3.46. The molecule has 1 unspecified atom stereocenters. The van der Waals surface area contributed by atoms with Gasteiger partial charge in [0.2, 0.25) is 11.8 Å². The number of carbonyl (C=O) groups is 2. The summed E-state index contributed by atoms with van der Waals surface area (Å²) in [7, 11) is 5.61. The van der Waals surface area contributed by atoms with E-state index in [-0.39, 0.29) is 29.7 Å². The third kappa shape index (κ3) is 7.34. The van der Waals surface area contributed by atoms with Gasteiger partial charge in [-0.2, -0.15) is 0 Å². The van der Waals surface area contributed by atoms with Crippen molar-refractivity contribution in [2.45, 2.75) is 56.4 Å². The molecule has 10 heteroatoms. The molecule has 2 aromatic rings. The minimum absolute atomic E-state index is 0.0378. The monoisotopic (exact) mass is 576 g/mol. The highest BCUT2D eigenvalue weighted by Gasteiger charge is 2.47. The zero-order chi connectivity index (χ0) is 28.0. The van der Waals surface area contributed by atoms with Crippen LogP contribution in [0.5, 0.6) is 0 Å². The number of hydrogen-bond donors (Lipinski definition) is 1. The molecule has 0 saturated carbocycles. The molecule has 0 aliphatic carbocycles. The predicted octanol–water partition coefficient (Wildman–Crippen LogP) is 4.30. The molecule has 0 bridgehead atoms. The van der Waals surface area contributed by atoms with Gasteiger partial charge >= 0.3 is 0 Å². The minimum Gasteiger partial charge on any atom is -0.348 e. The second-order valence-electron chi connectivity index (χ2n) is 11.3. The van der Waals surface area contributed by atoms with Gasteiger partial charge in [0.15, 0.2) is 0 Å². The lowest BCUT2D eigenvalue weighted by atomic mass is 9.82. The quantitative estimate of drug-likeness (QED) is 0.456. The summed E-state index contributed by atoms with van der Waals surface area (Å²) < 4.78 is 0. The molecule has 0 spiro atoms. The highest BCUT2D eigenvalue weighted by molar-refractivity contribution is 6.42. The van der Waals surface area contributed by atoms with Crippen molar-refractivity contribution in [2.24, 2.45) is 0 Å². The van der Waals surface area contributed by atoms with E-state index in [2.05, 4.69) is 19.8 Å². The van der Waals surface area contributed by atoms with Crippen LogP contribution in [0.25, 0.3) is 0 Å². The molecule has 2 amide bonds. The number of aromatic nitrogens is 2. The van der Waals surface area contributed by atoms with Gasteiger partial charge < -0.3 is 19.7 Å². The molecule has 1 atom stereocenters. The van der Waals surface area contributed by atoms with E-state index in [0.717, 1.165) is 63.2 Å². The molecule has 2 aliphatic rings. The standard InChI is InChI=1S/C29H42Cl2N6O2/c1-34(2)28(39)29(37-12-5-4-6-13-37)10-15-36(16-11-29)14-9-23(22-7-8-25(30)26(31)17-22)20-35(3)27(38)18-24-19-32-21-33-24/h7-8,17,19,21,23H,4-6,9-16,18,20H2,1-3H3,(H,32,33). The van der Waals surface area contributed by atoms with E-state index in [1.165, 1.54) is 19.3 Å². The summed E-state index contributed by atoms with van der Waals surface area (Å²) >= 11 is 12.6. The van der Waals surface area contributed by atoms with Crippen molar-refractivity contribution in [1.82, 2.24) is 29.6 Å². The molecular weight excluding hydrogens is 535 g/mol. The summed E-state index contributed by atoms with van der Waals surface area (Å²) in [5, 5.41) is 1.05. The summed E-state index contributed by atoms with van der Waals surface area (Å²) in [4.78, 5) is 41.9. The first-order valence-electron chi connectivity index (χ1n) is 14.0. The van der Waals surface area contributed by atoms with E-state index < -0.39 is 0 Å². The first-order chi connectivity index (χ1) is 18.7. The summed E-state index contributed by atoms with van der Waals surface area (Å²) in [5.41, 5.74) is 1.49. The normalized spacial score (nSPS) is 19.0. The first-order valence-corrected chi connectivity index (χ1v) is 14.8. The molecule has 4 rings (SSSR count). The van der Waals surface area contributed by atoms with Gasteiger partial charge in [0, 0.05) is 58.6 Å². The maximum Gasteiger partial charge on any atom is 0.242 e. The molecule has 39 heavy (non-hydrogen) atoms. The number of likely N-dealkylation sites (tertiary alicyclic amines) is 2. The number of amides is 2. The summed E-state index contributed by atoms with van der Waals surface area (Å²) in [6.45, 7) is 5.27.